The van der Waals surface area contributed by atoms with Gasteiger partial charge in [0.05, 0.1) is 24.1 Å². The number of ether oxygens (including phenoxy) is 1. The molecule has 0 bridgehead atoms. The van der Waals surface area contributed by atoms with Crippen molar-refractivity contribution in [3.05, 3.63) is 63.8 Å². The van der Waals surface area contributed by atoms with Crippen LogP contribution in [0, 0.1) is 6.92 Å². The Labute approximate surface area is 206 Å². The number of carbonyl (C=O) groups is 1. The fraction of sp³-hybridized carbons (Fsp3) is 0.400. The highest BCUT2D eigenvalue weighted by Gasteiger charge is 2.33. The van der Waals surface area contributed by atoms with Gasteiger partial charge in [0.2, 0.25) is 0 Å². The molecular weight excluding hydrogens is 483 g/mol. The van der Waals surface area contributed by atoms with E-state index in [2.05, 4.69) is 9.88 Å². The molecule has 2 aromatic carbocycles. The summed E-state index contributed by atoms with van der Waals surface area (Å²) in [4.78, 5) is 18.7. The van der Waals surface area contributed by atoms with E-state index in [9.17, 15) is 23.1 Å². The quantitative estimate of drug-likeness (QED) is 0.431. The predicted molar refractivity (Wildman–Crippen MR) is 128 cm³/mol. The third-order valence-corrected chi connectivity index (χ3v) is 6.90. The first-order chi connectivity index (χ1) is 16.6. The van der Waals surface area contributed by atoms with Gasteiger partial charge < -0.3 is 14.8 Å². The van der Waals surface area contributed by atoms with Gasteiger partial charge in [-0.15, -0.1) is 0 Å². The van der Waals surface area contributed by atoms with E-state index in [1.807, 2.05) is 25.3 Å². The van der Waals surface area contributed by atoms with Crippen LogP contribution in [0.4, 0.5) is 13.2 Å². The Kier molecular flexibility index (Phi) is 7.30. The molecule has 1 aliphatic rings. The van der Waals surface area contributed by atoms with Gasteiger partial charge in [-0.1, -0.05) is 17.7 Å². The number of carboxylic acids is 1. The van der Waals surface area contributed by atoms with Crippen LogP contribution in [0.25, 0.3) is 10.9 Å². The third-order valence-electron chi connectivity index (χ3n) is 6.59. The summed E-state index contributed by atoms with van der Waals surface area (Å²) in [7, 11) is 1.62. The number of benzene rings is 2. The van der Waals surface area contributed by atoms with Gasteiger partial charge in [0.15, 0.2) is 0 Å². The first kappa shape index (κ1) is 25.3. The first-order valence-corrected chi connectivity index (χ1v) is 11.6. The highest BCUT2D eigenvalue weighted by atomic mass is 35.5. The minimum absolute atomic E-state index is 0.0130. The van der Waals surface area contributed by atoms with Crippen molar-refractivity contribution in [3.63, 3.8) is 0 Å². The van der Waals surface area contributed by atoms with Crippen molar-refractivity contribution >= 4 is 28.5 Å². The summed E-state index contributed by atoms with van der Waals surface area (Å²) in [6, 6.07) is 8.43. The number of nitrogens with zero attached hydrogens (tertiary/aromatic N) is 2. The van der Waals surface area contributed by atoms with Crippen molar-refractivity contribution in [1.82, 2.24) is 14.8 Å². The highest BCUT2D eigenvalue weighted by molar-refractivity contribution is 6.33. The second kappa shape index (κ2) is 10.1. The van der Waals surface area contributed by atoms with Crippen LogP contribution in [0.2, 0.25) is 5.02 Å². The number of methoxy groups -OCH3 is 1. The zero-order valence-electron chi connectivity index (χ0n) is 19.5. The molecule has 2 heterocycles. The van der Waals surface area contributed by atoms with Crippen molar-refractivity contribution in [1.29, 1.82) is 0 Å². The van der Waals surface area contributed by atoms with Gasteiger partial charge in [-0.3, -0.25) is 9.80 Å². The van der Waals surface area contributed by atoms with Gasteiger partial charge in [-0.2, -0.15) is 13.2 Å². The minimum Gasteiger partial charge on any atom is -0.496 e. The van der Waals surface area contributed by atoms with Crippen molar-refractivity contribution in [3.8, 4) is 5.75 Å². The second-order valence-electron chi connectivity index (χ2n) is 8.84. The molecule has 1 aromatic heterocycles. The lowest BCUT2D eigenvalue weighted by atomic mass is 9.98. The van der Waals surface area contributed by atoms with Crippen LogP contribution in [-0.4, -0.2) is 65.3 Å². The molecule has 1 fully saturated rings. The second-order valence-corrected chi connectivity index (χ2v) is 9.24. The van der Waals surface area contributed by atoms with Crippen LogP contribution in [0.1, 0.15) is 39.5 Å². The zero-order chi connectivity index (χ0) is 25.3. The number of aromatic amines is 1. The molecule has 0 saturated carbocycles. The molecular formula is C25H27ClF3N3O3. The molecule has 0 radical (unpaired) electrons. The van der Waals surface area contributed by atoms with E-state index >= 15 is 0 Å². The SMILES string of the molecule is COc1cc(C)c2[nH]ccc2c1CN1CCN(CCC(F)(F)F)C[C@@H]1c1ccc(C(=O)O)c(Cl)c1. The van der Waals surface area contributed by atoms with Crippen LogP contribution in [0.3, 0.4) is 0 Å². The lowest BCUT2D eigenvalue weighted by Crippen LogP contribution is -2.48. The Balaban J connectivity index is 1.68. The van der Waals surface area contributed by atoms with Crippen LogP contribution in [0.15, 0.2) is 36.5 Å². The largest absolute Gasteiger partial charge is 0.496 e. The maximum absolute atomic E-state index is 12.9. The number of H-pyrrole nitrogens is 1. The zero-order valence-corrected chi connectivity index (χ0v) is 20.2. The Hall–Kier alpha value is -2.75. The van der Waals surface area contributed by atoms with E-state index in [4.69, 9.17) is 16.3 Å². The number of piperazine rings is 1. The Morgan fingerprint density at radius 2 is 2.03 bits per heavy atom. The maximum atomic E-state index is 12.9. The lowest BCUT2D eigenvalue weighted by Gasteiger charge is -2.42. The fourth-order valence-corrected chi connectivity index (χ4v) is 5.04. The average Bonchev–Trinajstić information content (AvgIpc) is 3.30. The topological polar surface area (TPSA) is 68.8 Å². The van der Waals surface area contributed by atoms with Crippen molar-refractivity contribution in [2.24, 2.45) is 0 Å². The van der Waals surface area contributed by atoms with Gasteiger partial charge in [0.1, 0.15) is 5.75 Å². The van der Waals surface area contributed by atoms with Crippen LogP contribution < -0.4 is 4.74 Å². The summed E-state index contributed by atoms with van der Waals surface area (Å²) in [5.41, 5.74) is 3.79. The summed E-state index contributed by atoms with van der Waals surface area (Å²) in [6.07, 6.45) is -3.24. The van der Waals surface area contributed by atoms with Crippen LogP contribution in [-0.2, 0) is 6.54 Å². The Morgan fingerprint density at radius 3 is 2.69 bits per heavy atom. The maximum Gasteiger partial charge on any atom is 0.390 e. The number of aromatic nitrogens is 1. The summed E-state index contributed by atoms with van der Waals surface area (Å²) >= 11 is 6.25. The number of carboxylic acid groups (broad SMARTS) is 1. The van der Waals surface area contributed by atoms with Crippen LogP contribution in [0.5, 0.6) is 5.75 Å². The molecule has 0 amide bonds. The van der Waals surface area contributed by atoms with Gasteiger partial charge >= 0.3 is 12.1 Å². The molecule has 1 aliphatic heterocycles. The molecule has 4 rings (SSSR count). The molecule has 10 heteroatoms. The number of aryl methyl sites for hydroxylation is 1. The molecule has 35 heavy (non-hydrogen) atoms. The lowest BCUT2D eigenvalue weighted by molar-refractivity contribution is -0.139. The molecule has 6 nitrogen and oxygen atoms in total. The molecule has 2 N–H and O–H groups in total. The van der Waals surface area contributed by atoms with Gasteiger partial charge in [0.25, 0.3) is 0 Å². The number of halogens is 4. The van der Waals surface area contributed by atoms with Gasteiger partial charge in [0, 0.05) is 61.4 Å². The van der Waals surface area contributed by atoms with E-state index in [1.54, 1.807) is 24.1 Å². The summed E-state index contributed by atoms with van der Waals surface area (Å²) in [5.74, 6) is -0.389. The van der Waals surface area contributed by atoms with E-state index in [0.717, 1.165) is 33.3 Å². The number of alkyl halides is 3. The highest BCUT2D eigenvalue weighted by Crippen LogP contribution is 2.36. The first-order valence-electron chi connectivity index (χ1n) is 11.3. The molecule has 3 aromatic rings. The minimum atomic E-state index is -4.23. The van der Waals surface area contributed by atoms with Crippen molar-refractivity contribution < 1.29 is 27.8 Å². The number of rotatable bonds is 7. The molecule has 0 aliphatic carbocycles. The van der Waals surface area contributed by atoms with Crippen LogP contribution >= 0.6 is 11.6 Å². The summed E-state index contributed by atoms with van der Waals surface area (Å²) in [5, 5.41) is 10.5. The summed E-state index contributed by atoms with van der Waals surface area (Å²) < 4.78 is 44.3. The number of hydrogen-bond acceptors (Lipinski definition) is 4. The van der Waals surface area contributed by atoms with Crippen molar-refractivity contribution in [2.75, 3.05) is 33.3 Å². The van der Waals surface area contributed by atoms with Gasteiger partial charge in [-0.25, -0.2) is 4.79 Å². The average molecular weight is 510 g/mol. The van der Waals surface area contributed by atoms with E-state index in [1.165, 1.54) is 6.07 Å². The monoisotopic (exact) mass is 509 g/mol. The van der Waals surface area contributed by atoms with E-state index < -0.39 is 18.6 Å². The smallest absolute Gasteiger partial charge is 0.390 e. The van der Waals surface area contributed by atoms with E-state index in [0.29, 0.717) is 26.2 Å². The fourth-order valence-electron chi connectivity index (χ4n) is 4.77. The Bertz CT molecular complexity index is 1230. The predicted octanol–water partition coefficient (Wildman–Crippen LogP) is 5.65. The third kappa shape index (κ3) is 5.58. The van der Waals surface area contributed by atoms with Crippen molar-refractivity contribution in [2.45, 2.75) is 32.1 Å². The number of aromatic carboxylic acids is 1. The van der Waals surface area contributed by atoms with E-state index in [-0.39, 0.29) is 23.2 Å². The molecule has 0 unspecified atom stereocenters. The molecule has 188 valence electrons. The molecule has 1 saturated heterocycles. The number of hydrogen-bond donors (Lipinski definition) is 2. The molecule has 0 spiro atoms. The standard InChI is InChI=1S/C25H27ClF3N3O3/c1-15-11-22(35-2)19(17-5-7-30-23(15)17)13-32-10-9-31(8-6-25(27,28)29)14-21(32)16-3-4-18(24(33)34)20(26)12-16/h3-5,7,11-12,21,30H,6,8-10,13-14H2,1-2H3,(H,33,34)/t21-/m1/s1. The summed E-state index contributed by atoms with van der Waals surface area (Å²) in [6.45, 7) is 3.79. The van der Waals surface area contributed by atoms with Gasteiger partial charge in [-0.05, 0) is 42.3 Å². The molecule has 1 atom stereocenters. The Morgan fingerprint density at radius 1 is 1.26 bits per heavy atom. The normalized spacial score (nSPS) is 17.7. The number of fused-ring (bicyclic) bond motifs is 1. The number of nitrogens with one attached hydrogen (secondary N) is 1.